The summed E-state index contributed by atoms with van der Waals surface area (Å²) < 4.78 is 1.70. The lowest BCUT2D eigenvalue weighted by Gasteiger charge is -2.04. The Morgan fingerprint density at radius 2 is 1.65 bits per heavy atom. The van der Waals surface area contributed by atoms with E-state index in [4.69, 9.17) is 11.5 Å². The third kappa shape index (κ3) is 4.87. The molecule has 5 heteroatoms. The Labute approximate surface area is 121 Å². The number of nitrogen functional groups attached to an aromatic ring is 1. The largest absolute Gasteiger partial charge is 0.383 e. The van der Waals surface area contributed by atoms with E-state index in [-0.39, 0.29) is 0 Å². The van der Waals surface area contributed by atoms with E-state index >= 15 is 0 Å². The summed E-state index contributed by atoms with van der Waals surface area (Å²) >= 11 is 0. The van der Waals surface area contributed by atoms with Gasteiger partial charge in [0.1, 0.15) is 11.4 Å². The van der Waals surface area contributed by atoms with Crippen molar-refractivity contribution in [1.82, 2.24) is 9.78 Å². The molecule has 20 heavy (non-hydrogen) atoms. The van der Waals surface area contributed by atoms with E-state index in [1.165, 1.54) is 44.9 Å². The number of rotatable bonds is 10. The standard InChI is InChI=1S/C15H28N4O/c1-3-4-5-6-7-8-9-10-11-19-14(16)13(15(17)20)12(2)18-19/h3-11,16H2,1-2H3,(H2,17,20). The summed E-state index contributed by atoms with van der Waals surface area (Å²) in [4.78, 5) is 11.2. The number of aromatic nitrogens is 2. The molecule has 114 valence electrons. The molecule has 1 amide bonds. The van der Waals surface area contributed by atoms with Crippen LogP contribution >= 0.6 is 0 Å². The Balaban J connectivity index is 2.26. The van der Waals surface area contributed by atoms with Gasteiger partial charge in [0.25, 0.3) is 5.91 Å². The summed E-state index contributed by atoms with van der Waals surface area (Å²) in [6.45, 7) is 4.76. The first-order valence-electron chi connectivity index (χ1n) is 7.70. The summed E-state index contributed by atoms with van der Waals surface area (Å²) in [5.74, 6) is -0.0971. The van der Waals surface area contributed by atoms with Gasteiger partial charge in [-0.1, -0.05) is 51.9 Å². The molecule has 0 bridgehead atoms. The summed E-state index contributed by atoms with van der Waals surface area (Å²) in [5.41, 5.74) is 12.2. The molecule has 1 aromatic rings. The Kier molecular flexibility index (Phi) is 7.12. The number of nitrogens with zero attached hydrogens (tertiary/aromatic N) is 2. The van der Waals surface area contributed by atoms with Gasteiger partial charge >= 0.3 is 0 Å². The van der Waals surface area contributed by atoms with Crippen molar-refractivity contribution >= 4 is 11.7 Å². The molecule has 0 aliphatic heterocycles. The fourth-order valence-electron chi connectivity index (χ4n) is 2.47. The van der Waals surface area contributed by atoms with Crippen molar-refractivity contribution in [3.05, 3.63) is 11.3 Å². The van der Waals surface area contributed by atoms with Crippen LogP contribution in [0.4, 0.5) is 5.82 Å². The number of anilines is 1. The van der Waals surface area contributed by atoms with E-state index in [0.29, 0.717) is 17.1 Å². The zero-order chi connectivity index (χ0) is 15.0. The van der Waals surface area contributed by atoms with Gasteiger partial charge in [0.15, 0.2) is 0 Å². The van der Waals surface area contributed by atoms with E-state index in [2.05, 4.69) is 12.0 Å². The minimum atomic E-state index is -0.498. The van der Waals surface area contributed by atoms with E-state index < -0.39 is 5.91 Å². The Bertz CT molecular complexity index is 426. The molecule has 0 spiro atoms. The van der Waals surface area contributed by atoms with Gasteiger partial charge in [-0.2, -0.15) is 5.10 Å². The SMILES string of the molecule is CCCCCCCCCCn1nc(C)c(C(N)=O)c1N. The van der Waals surface area contributed by atoms with Crippen LogP contribution in [0.15, 0.2) is 0 Å². The van der Waals surface area contributed by atoms with Crippen LogP contribution in [0.25, 0.3) is 0 Å². The van der Waals surface area contributed by atoms with E-state index in [1.807, 2.05) is 0 Å². The highest BCUT2D eigenvalue weighted by Crippen LogP contribution is 2.16. The van der Waals surface area contributed by atoms with Crippen LogP contribution in [0.1, 0.15) is 74.3 Å². The first-order chi connectivity index (χ1) is 9.57. The van der Waals surface area contributed by atoms with E-state index in [0.717, 1.165) is 13.0 Å². The zero-order valence-electron chi connectivity index (χ0n) is 12.8. The molecule has 1 heterocycles. The number of carbonyl (C=O) groups excluding carboxylic acids is 1. The van der Waals surface area contributed by atoms with Gasteiger partial charge in [0, 0.05) is 6.54 Å². The van der Waals surface area contributed by atoms with Gasteiger partial charge < -0.3 is 11.5 Å². The number of hydrogen-bond donors (Lipinski definition) is 2. The van der Waals surface area contributed by atoms with Crippen molar-refractivity contribution in [2.24, 2.45) is 5.73 Å². The Morgan fingerprint density at radius 3 is 2.15 bits per heavy atom. The number of carbonyl (C=O) groups is 1. The minimum absolute atomic E-state index is 0.365. The molecule has 0 saturated heterocycles. The maximum Gasteiger partial charge on any atom is 0.254 e. The van der Waals surface area contributed by atoms with Crippen LogP contribution in [0.3, 0.4) is 0 Å². The lowest BCUT2D eigenvalue weighted by molar-refractivity contribution is 0.100. The monoisotopic (exact) mass is 280 g/mol. The number of unbranched alkanes of at least 4 members (excludes halogenated alkanes) is 7. The number of amides is 1. The second-order valence-electron chi connectivity index (χ2n) is 5.41. The van der Waals surface area contributed by atoms with Crippen molar-refractivity contribution in [3.63, 3.8) is 0 Å². The van der Waals surface area contributed by atoms with Crippen molar-refractivity contribution in [2.45, 2.75) is 71.8 Å². The molecule has 0 atom stereocenters. The first kappa shape index (κ1) is 16.5. The van der Waals surface area contributed by atoms with Crippen LogP contribution in [0.5, 0.6) is 0 Å². The van der Waals surface area contributed by atoms with Gasteiger partial charge in [-0.3, -0.25) is 4.79 Å². The second kappa shape index (κ2) is 8.61. The lowest BCUT2D eigenvalue weighted by atomic mass is 10.1. The molecule has 0 aliphatic carbocycles. The first-order valence-corrected chi connectivity index (χ1v) is 7.70. The van der Waals surface area contributed by atoms with Gasteiger partial charge in [-0.25, -0.2) is 4.68 Å². The van der Waals surface area contributed by atoms with Crippen LogP contribution in [0, 0.1) is 6.92 Å². The molecule has 0 radical (unpaired) electrons. The molecular formula is C15H28N4O. The average Bonchev–Trinajstić information content (AvgIpc) is 2.67. The van der Waals surface area contributed by atoms with Gasteiger partial charge in [-0.15, -0.1) is 0 Å². The third-order valence-electron chi connectivity index (χ3n) is 3.64. The fraction of sp³-hybridized carbons (Fsp3) is 0.733. The Hall–Kier alpha value is -1.52. The number of nitrogens with two attached hydrogens (primary N) is 2. The molecule has 1 rings (SSSR count). The molecule has 4 N–H and O–H groups in total. The second-order valence-corrected chi connectivity index (χ2v) is 5.41. The number of primary amides is 1. The fourth-order valence-corrected chi connectivity index (χ4v) is 2.47. The lowest BCUT2D eigenvalue weighted by Crippen LogP contribution is -2.14. The van der Waals surface area contributed by atoms with Crippen LogP contribution in [-0.4, -0.2) is 15.7 Å². The predicted molar refractivity (Wildman–Crippen MR) is 82.5 cm³/mol. The molecule has 0 aliphatic rings. The average molecular weight is 280 g/mol. The van der Waals surface area contributed by atoms with E-state index in [9.17, 15) is 4.79 Å². The predicted octanol–water partition coefficient (Wildman–Crippen LogP) is 3.01. The molecular weight excluding hydrogens is 252 g/mol. The highest BCUT2D eigenvalue weighted by molar-refractivity contribution is 5.98. The third-order valence-corrected chi connectivity index (χ3v) is 3.64. The number of aryl methyl sites for hydroxylation is 2. The smallest absolute Gasteiger partial charge is 0.254 e. The maximum absolute atomic E-state index is 11.2. The number of hydrogen-bond acceptors (Lipinski definition) is 3. The normalized spacial score (nSPS) is 10.9. The van der Waals surface area contributed by atoms with Crippen LogP contribution in [-0.2, 0) is 6.54 Å². The van der Waals surface area contributed by atoms with Crippen molar-refractivity contribution in [3.8, 4) is 0 Å². The minimum Gasteiger partial charge on any atom is -0.383 e. The van der Waals surface area contributed by atoms with Gasteiger partial charge in [0.2, 0.25) is 0 Å². The molecule has 5 nitrogen and oxygen atoms in total. The van der Waals surface area contributed by atoms with Crippen molar-refractivity contribution < 1.29 is 4.79 Å². The highest BCUT2D eigenvalue weighted by atomic mass is 16.1. The topological polar surface area (TPSA) is 86.9 Å². The van der Waals surface area contributed by atoms with Crippen LogP contribution < -0.4 is 11.5 Å². The summed E-state index contributed by atoms with van der Waals surface area (Å²) in [5, 5.41) is 4.28. The Morgan fingerprint density at radius 1 is 1.10 bits per heavy atom. The summed E-state index contributed by atoms with van der Waals surface area (Å²) in [6, 6.07) is 0. The quantitative estimate of drug-likeness (QED) is 0.646. The van der Waals surface area contributed by atoms with Gasteiger partial charge in [0.05, 0.1) is 5.69 Å². The molecule has 0 unspecified atom stereocenters. The van der Waals surface area contributed by atoms with Gasteiger partial charge in [-0.05, 0) is 13.3 Å². The molecule has 1 aromatic heterocycles. The summed E-state index contributed by atoms with van der Waals surface area (Å²) in [6.07, 6.45) is 10.1. The molecule has 0 fully saturated rings. The zero-order valence-corrected chi connectivity index (χ0v) is 12.8. The summed E-state index contributed by atoms with van der Waals surface area (Å²) in [7, 11) is 0. The molecule has 0 aromatic carbocycles. The van der Waals surface area contributed by atoms with Crippen molar-refractivity contribution in [1.29, 1.82) is 0 Å². The van der Waals surface area contributed by atoms with Crippen molar-refractivity contribution in [2.75, 3.05) is 5.73 Å². The van der Waals surface area contributed by atoms with E-state index in [1.54, 1.807) is 11.6 Å². The highest BCUT2D eigenvalue weighted by Gasteiger charge is 2.16. The maximum atomic E-state index is 11.2. The van der Waals surface area contributed by atoms with Crippen LogP contribution in [0.2, 0.25) is 0 Å². The molecule has 0 saturated carbocycles.